The van der Waals surface area contributed by atoms with Gasteiger partial charge in [-0.1, -0.05) is 12.2 Å². The van der Waals surface area contributed by atoms with Crippen molar-refractivity contribution >= 4 is 23.1 Å². The van der Waals surface area contributed by atoms with Crippen molar-refractivity contribution in [2.75, 3.05) is 20.2 Å². The summed E-state index contributed by atoms with van der Waals surface area (Å²) in [4.78, 5) is 14.6. The number of amides is 1. The highest BCUT2D eigenvalue weighted by Gasteiger charge is 2.25. The normalized spacial score (nSPS) is 16.0. The molecule has 1 aromatic carbocycles. The molecule has 1 amide bonds. The molecule has 1 aliphatic heterocycles. The molecule has 0 unspecified atom stereocenters. The van der Waals surface area contributed by atoms with E-state index in [1.165, 1.54) is 25.3 Å². The van der Waals surface area contributed by atoms with Crippen LogP contribution >= 0.6 is 12.2 Å². The molecule has 0 spiro atoms. The first-order valence-corrected chi connectivity index (χ1v) is 6.86. The van der Waals surface area contributed by atoms with Gasteiger partial charge in [-0.2, -0.15) is 0 Å². The summed E-state index contributed by atoms with van der Waals surface area (Å²) in [7, 11) is 1.38. The molecule has 2 N–H and O–H groups in total. The summed E-state index contributed by atoms with van der Waals surface area (Å²) in [5.41, 5.74) is 6.05. The van der Waals surface area contributed by atoms with Crippen molar-refractivity contribution in [1.29, 1.82) is 0 Å². The van der Waals surface area contributed by atoms with E-state index < -0.39 is 5.82 Å². The number of ether oxygens (including phenoxy) is 1. The van der Waals surface area contributed by atoms with E-state index in [1.54, 1.807) is 4.90 Å². The van der Waals surface area contributed by atoms with Crippen LogP contribution in [0.4, 0.5) is 4.39 Å². The lowest BCUT2D eigenvalue weighted by molar-refractivity contribution is 0.0710. The van der Waals surface area contributed by atoms with Crippen LogP contribution in [-0.2, 0) is 0 Å². The SMILES string of the molecule is COc1cc(C(=O)N2CCC(C(N)=S)CC2)ccc1F. The summed E-state index contributed by atoms with van der Waals surface area (Å²) in [5, 5.41) is 0. The van der Waals surface area contributed by atoms with Crippen LogP contribution in [0.3, 0.4) is 0 Å². The molecule has 2 rings (SSSR count). The molecule has 1 aliphatic rings. The van der Waals surface area contributed by atoms with E-state index in [-0.39, 0.29) is 17.6 Å². The number of nitrogens with zero attached hydrogens (tertiary/aromatic N) is 1. The highest BCUT2D eigenvalue weighted by molar-refractivity contribution is 7.80. The molecule has 1 saturated heterocycles. The van der Waals surface area contributed by atoms with Crippen LogP contribution in [0.5, 0.6) is 5.75 Å². The summed E-state index contributed by atoms with van der Waals surface area (Å²) in [6, 6.07) is 4.14. The smallest absolute Gasteiger partial charge is 0.253 e. The first kappa shape index (κ1) is 14.7. The van der Waals surface area contributed by atoms with Crippen LogP contribution in [0, 0.1) is 11.7 Å². The monoisotopic (exact) mass is 296 g/mol. The number of hydrogen-bond donors (Lipinski definition) is 1. The Morgan fingerprint density at radius 3 is 2.65 bits per heavy atom. The average Bonchev–Trinajstić information content (AvgIpc) is 2.47. The standard InChI is InChI=1S/C14H17FN2O2S/c1-19-12-8-10(2-3-11(12)15)14(18)17-6-4-9(5-7-17)13(16)20/h2-3,8-9H,4-7H2,1H3,(H2,16,20). The number of halogens is 1. The number of hydrogen-bond acceptors (Lipinski definition) is 3. The maximum Gasteiger partial charge on any atom is 0.253 e. The van der Waals surface area contributed by atoms with Crippen LogP contribution in [0.15, 0.2) is 18.2 Å². The molecular weight excluding hydrogens is 279 g/mol. The fourth-order valence-corrected chi connectivity index (χ4v) is 2.58. The lowest BCUT2D eigenvalue weighted by Crippen LogP contribution is -2.41. The first-order chi connectivity index (χ1) is 9.52. The minimum Gasteiger partial charge on any atom is -0.494 e. The maximum atomic E-state index is 13.3. The number of likely N-dealkylation sites (tertiary alicyclic amines) is 1. The molecule has 0 saturated carbocycles. The van der Waals surface area contributed by atoms with Gasteiger partial charge in [0.1, 0.15) is 0 Å². The average molecular weight is 296 g/mol. The van der Waals surface area contributed by atoms with E-state index in [0.717, 1.165) is 12.8 Å². The number of rotatable bonds is 3. The third kappa shape index (κ3) is 3.07. The fourth-order valence-electron chi connectivity index (χ4n) is 2.34. The molecule has 1 fully saturated rings. The van der Waals surface area contributed by atoms with E-state index in [1.807, 2.05) is 0 Å². The van der Waals surface area contributed by atoms with Gasteiger partial charge in [0.2, 0.25) is 0 Å². The highest BCUT2D eigenvalue weighted by atomic mass is 32.1. The zero-order chi connectivity index (χ0) is 14.7. The molecule has 20 heavy (non-hydrogen) atoms. The van der Waals surface area contributed by atoms with Gasteiger partial charge in [0.15, 0.2) is 11.6 Å². The molecule has 0 atom stereocenters. The largest absolute Gasteiger partial charge is 0.494 e. The molecule has 108 valence electrons. The summed E-state index contributed by atoms with van der Waals surface area (Å²) in [5.74, 6) is -0.313. The quantitative estimate of drug-likeness (QED) is 0.867. The Hall–Kier alpha value is -1.69. The summed E-state index contributed by atoms with van der Waals surface area (Å²) in [6.07, 6.45) is 1.55. The Balaban J connectivity index is 2.07. The number of carbonyl (C=O) groups excluding carboxylic acids is 1. The van der Waals surface area contributed by atoms with Gasteiger partial charge in [0.05, 0.1) is 12.1 Å². The van der Waals surface area contributed by atoms with E-state index in [9.17, 15) is 9.18 Å². The molecule has 0 bridgehead atoms. The molecule has 0 radical (unpaired) electrons. The third-order valence-corrected chi connectivity index (χ3v) is 3.92. The number of thiocarbonyl (C=S) groups is 1. The predicted molar refractivity (Wildman–Crippen MR) is 78.4 cm³/mol. The number of carbonyl (C=O) groups is 1. The molecular formula is C14H17FN2O2S. The summed E-state index contributed by atoms with van der Waals surface area (Å²) < 4.78 is 18.2. The number of nitrogens with two attached hydrogens (primary N) is 1. The predicted octanol–water partition coefficient (Wildman–Crippen LogP) is 1.97. The molecule has 6 heteroatoms. The van der Waals surface area contributed by atoms with Crippen LogP contribution < -0.4 is 10.5 Å². The molecule has 0 aromatic heterocycles. The van der Waals surface area contributed by atoms with E-state index in [4.69, 9.17) is 22.7 Å². The fraction of sp³-hybridized carbons (Fsp3) is 0.429. The van der Waals surface area contributed by atoms with E-state index >= 15 is 0 Å². The Bertz CT molecular complexity index is 528. The Labute approximate surface area is 122 Å². The Morgan fingerprint density at radius 2 is 2.10 bits per heavy atom. The van der Waals surface area contributed by atoms with Crippen molar-refractivity contribution in [1.82, 2.24) is 4.90 Å². The van der Waals surface area contributed by atoms with Crippen molar-refractivity contribution in [3.8, 4) is 5.75 Å². The lowest BCUT2D eigenvalue weighted by Gasteiger charge is -2.31. The van der Waals surface area contributed by atoms with Gasteiger partial charge in [0, 0.05) is 24.6 Å². The highest BCUT2D eigenvalue weighted by Crippen LogP contribution is 2.22. The van der Waals surface area contributed by atoms with Gasteiger partial charge in [-0.05, 0) is 31.0 Å². The first-order valence-electron chi connectivity index (χ1n) is 6.45. The third-order valence-electron chi connectivity index (χ3n) is 3.58. The van der Waals surface area contributed by atoms with Gasteiger partial charge in [-0.15, -0.1) is 0 Å². The van der Waals surface area contributed by atoms with E-state index in [0.29, 0.717) is 23.6 Å². The number of methoxy groups -OCH3 is 1. The van der Waals surface area contributed by atoms with Crippen LogP contribution in [0.1, 0.15) is 23.2 Å². The van der Waals surface area contributed by atoms with Crippen molar-refractivity contribution in [2.45, 2.75) is 12.8 Å². The second-order valence-electron chi connectivity index (χ2n) is 4.82. The van der Waals surface area contributed by atoms with Crippen molar-refractivity contribution in [3.05, 3.63) is 29.6 Å². The van der Waals surface area contributed by atoms with Crippen molar-refractivity contribution < 1.29 is 13.9 Å². The zero-order valence-electron chi connectivity index (χ0n) is 11.3. The summed E-state index contributed by atoms with van der Waals surface area (Å²) in [6.45, 7) is 1.22. The second-order valence-corrected chi connectivity index (χ2v) is 5.29. The topological polar surface area (TPSA) is 55.6 Å². The van der Waals surface area contributed by atoms with Gasteiger partial charge in [0.25, 0.3) is 5.91 Å². The number of piperidine rings is 1. The summed E-state index contributed by atoms with van der Waals surface area (Å²) >= 11 is 4.98. The van der Waals surface area contributed by atoms with Gasteiger partial charge >= 0.3 is 0 Å². The van der Waals surface area contributed by atoms with Crippen molar-refractivity contribution in [2.24, 2.45) is 11.7 Å². The minimum atomic E-state index is -0.476. The zero-order valence-corrected chi connectivity index (χ0v) is 12.1. The Kier molecular flexibility index (Phi) is 4.54. The minimum absolute atomic E-state index is 0.0777. The molecule has 0 aliphatic carbocycles. The molecule has 1 heterocycles. The van der Waals surface area contributed by atoms with Gasteiger partial charge in [-0.3, -0.25) is 4.79 Å². The van der Waals surface area contributed by atoms with Crippen molar-refractivity contribution in [3.63, 3.8) is 0 Å². The van der Waals surface area contributed by atoms with E-state index in [2.05, 4.69) is 0 Å². The number of benzene rings is 1. The van der Waals surface area contributed by atoms with Crippen LogP contribution in [0.2, 0.25) is 0 Å². The molecule has 4 nitrogen and oxygen atoms in total. The van der Waals surface area contributed by atoms with Crippen LogP contribution in [0.25, 0.3) is 0 Å². The Morgan fingerprint density at radius 1 is 1.45 bits per heavy atom. The molecule has 1 aromatic rings. The van der Waals surface area contributed by atoms with Gasteiger partial charge in [-0.25, -0.2) is 4.39 Å². The van der Waals surface area contributed by atoms with Gasteiger partial charge < -0.3 is 15.4 Å². The van der Waals surface area contributed by atoms with Crippen LogP contribution in [-0.4, -0.2) is 36.0 Å². The lowest BCUT2D eigenvalue weighted by atomic mass is 9.96. The second kappa shape index (κ2) is 6.17. The maximum absolute atomic E-state index is 13.3.